The predicted molar refractivity (Wildman–Crippen MR) is 61.7 cm³/mol. The second-order valence-electron chi connectivity index (χ2n) is 3.45. The number of hydrogen-bond donors (Lipinski definition) is 3. The molecule has 1 aliphatic rings. The molecule has 7 heteroatoms. The van der Waals surface area contributed by atoms with Crippen LogP contribution in [0.3, 0.4) is 0 Å². The van der Waals surface area contributed by atoms with Gasteiger partial charge in [0.15, 0.2) is 17.4 Å². The Labute approximate surface area is 104 Å². The van der Waals surface area contributed by atoms with Crippen molar-refractivity contribution < 1.29 is 24.2 Å². The minimum atomic E-state index is -1.27. The molecule has 1 aliphatic heterocycles. The standard InChI is InChI=1S/C11H14N2O5/c1-17-4-3-6-7(5-14)13-9(11(15)16)10(18-2)8(6)12/h13H,3-4,12H2,1-2H3,(H,15,16). The molecule has 0 aromatic carbocycles. The van der Waals surface area contributed by atoms with Crippen molar-refractivity contribution in [2.24, 2.45) is 5.73 Å². The minimum Gasteiger partial charge on any atom is -0.492 e. The number of dihydropyridines is 1. The molecular formula is C11H14N2O5. The lowest BCUT2D eigenvalue weighted by Crippen LogP contribution is -2.31. The summed E-state index contributed by atoms with van der Waals surface area (Å²) < 4.78 is 9.84. The first-order valence-corrected chi connectivity index (χ1v) is 5.08. The third-order valence-electron chi connectivity index (χ3n) is 2.42. The van der Waals surface area contributed by atoms with Crippen molar-refractivity contribution in [1.29, 1.82) is 0 Å². The van der Waals surface area contributed by atoms with Crippen LogP contribution in [0.25, 0.3) is 0 Å². The number of carbonyl (C=O) groups excluding carboxylic acids is 1. The maximum atomic E-state index is 11.0. The molecule has 0 amide bonds. The van der Waals surface area contributed by atoms with Crippen molar-refractivity contribution in [1.82, 2.24) is 5.32 Å². The van der Waals surface area contributed by atoms with Gasteiger partial charge in [-0.15, -0.1) is 0 Å². The second-order valence-corrected chi connectivity index (χ2v) is 3.45. The molecule has 7 nitrogen and oxygen atoms in total. The van der Waals surface area contributed by atoms with Gasteiger partial charge in [0.2, 0.25) is 0 Å². The Morgan fingerprint density at radius 1 is 1.50 bits per heavy atom. The zero-order valence-corrected chi connectivity index (χ0v) is 10.1. The molecule has 0 aliphatic carbocycles. The van der Waals surface area contributed by atoms with E-state index in [2.05, 4.69) is 5.32 Å². The molecule has 0 aromatic heterocycles. The Hall–Kier alpha value is -2.24. The Morgan fingerprint density at radius 2 is 2.17 bits per heavy atom. The van der Waals surface area contributed by atoms with Crippen molar-refractivity contribution in [2.45, 2.75) is 6.42 Å². The highest BCUT2D eigenvalue weighted by atomic mass is 16.5. The third kappa shape index (κ3) is 2.53. The molecular weight excluding hydrogens is 240 g/mol. The molecule has 0 unspecified atom stereocenters. The predicted octanol–water partition coefficient (Wildman–Crippen LogP) is -0.503. The first-order valence-electron chi connectivity index (χ1n) is 5.08. The second kappa shape index (κ2) is 5.90. The number of carboxylic acids is 1. The fourth-order valence-corrected chi connectivity index (χ4v) is 1.58. The van der Waals surface area contributed by atoms with E-state index >= 15 is 0 Å². The normalized spacial score (nSPS) is 15.3. The van der Waals surface area contributed by atoms with Crippen molar-refractivity contribution in [3.63, 3.8) is 0 Å². The maximum Gasteiger partial charge on any atom is 0.356 e. The van der Waals surface area contributed by atoms with E-state index < -0.39 is 5.97 Å². The summed E-state index contributed by atoms with van der Waals surface area (Å²) in [5.41, 5.74) is 6.04. The van der Waals surface area contributed by atoms with Gasteiger partial charge < -0.3 is 25.6 Å². The maximum absolute atomic E-state index is 11.0. The molecule has 98 valence electrons. The molecule has 18 heavy (non-hydrogen) atoms. The molecule has 0 radical (unpaired) electrons. The summed E-state index contributed by atoms with van der Waals surface area (Å²) in [5.74, 6) is 0.355. The van der Waals surface area contributed by atoms with E-state index in [0.717, 1.165) is 0 Å². The van der Waals surface area contributed by atoms with Crippen LogP contribution in [0.5, 0.6) is 0 Å². The summed E-state index contributed by atoms with van der Waals surface area (Å²) in [6.07, 6.45) is 0.347. The van der Waals surface area contributed by atoms with E-state index in [1.165, 1.54) is 14.2 Å². The molecule has 0 spiro atoms. The third-order valence-corrected chi connectivity index (χ3v) is 2.42. The van der Waals surface area contributed by atoms with Gasteiger partial charge in [-0.2, -0.15) is 0 Å². The molecule has 0 saturated heterocycles. The summed E-state index contributed by atoms with van der Waals surface area (Å²) in [6.45, 7) is 0.336. The lowest BCUT2D eigenvalue weighted by Gasteiger charge is -2.23. The number of rotatable bonds is 5. The van der Waals surface area contributed by atoms with Gasteiger partial charge in [-0.05, 0) is 0 Å². The SMILES string of the molecule is COCCC1=C(N)C(OC)=C(C(=O)O)NC1=C=O. The molecule has 4 N–H and O–H groups in total. The highest BCUT2D eigenvalue weighted by Gasteiger charge is 2.28. The van der Waals surface area contributed by atoms with E-state index in [0.29, 0.717) is 18.6 Å². The number of carbonyl (C=O) groups is 1. The fraction of sp³-hybridized carbons (Fsp3) is 0.364. The van der Waals surface area contributed by atoms with E-state index in [-0.39, 0.29) is 22.9 Å². The molecule has 0 fully saturated rings. The minimum absolute atomic E-state index is 0.00685. The smallest absolute Gasteiger partial charge is 0.356 e. The molecule has 0 bridgehead atoms. The van der Waals surface area contributed by atoms with E-state index in [4.69, 9.17) is 20.3 Å². The van der Waals surface area contributed by atoms with Gasteiger partial charge in [-0.1, -0.05) is 0 Å². The van der Waals surface area contributed by atoms with Crippen LogP contribution in [0.2, 0.25) is 0 Å². The highest BCUT2D eigenvalue weighted by Crippen LogP contribution is 2.26. The monoisotopic (exact) mass is 254 g/mol. The van der Waals surface area contributed by atoms with E-state index in [1.807, 2.05) is 0 Å². The van der Waals surface area contributed by atoms with Crippen molar-refractivity contribution in [2.75, 3.05) is 20.8 Å². The van der Waals surface area contributed by atoms with Crippen LogP contribution in [0.4, 0.5) is 0 Å². The Bertz CT molecular complexity index is 472. The van der Waals surface area contributed by atoms with Crippen LogP contribution in [0.15, 0.2) is 28.4 Å². The van der Waals surface area contributed by atoms with Crippen molar-refractivity contribution >= 4 is 11.9 Å². The van der Waals surface area contributed by atoms with Crippen LogP contribution in [0, 0.1) is 0 Å². The first-order chi connectivity index (χ1) is 8.56. The number of hydrogen-bond acceptors (Lipinski definition) is 6. The summed E-state index contributed by atoms with van der Waals surface area (Å²) in [7, 11) is 2.81. The van der Waals surface area contributed by atoms with Crippen molar-refractivity contribution in [3.8, 4) is 0 Å². The van der Waals surface area contributed by atoms with Crippen LogP contribution in [-0.4, -0.2) is 37.8 Å². The van der Waals surface area contributed by atoms with E-state index in [1.54, 1.807) is 5.94 Å². The summed E-state index contributed by atoms with van der Waals surface area (Å²) in [4.78, 5) is 21.8. The van der Waals surface area contributed by atoms with Gasteiger partial charge in [0, 0.05) is 19.1 Å². The van der Waals surface area contributed by atoms with Gasteiger partial charge in [0.05, 0.1) is 19.4 Å². The number of nitrogens with one attached hydrogen (secondary N) is 1. The molecule has 1 heterocycles. The summed E-state index contributed by atoms with van der Waals surface area (Å²) in [6, 6.07) is 0. The molecule has 1 rings (SSSR count). The van der Waals surface area contributed by atoms with Gasteiger partial charge in [0.1, 0.15) is 5.70 Å². The highest BCUT2D eigenvalue weighted by molar-refractivity contribution is 5.90. The lowest BCUT2D eigenvalue weighted by atomic mass is 10.0. The number of methoxy groups -OCH3 is 2. The molecule has 0 atom stereocenters. The number of aliphatic carboxylic acids is 1. The summed E-state index contributed by atoms with van der Waals surface area (Å²) >= 11 is 0. The van der Waals surface area contributed by atoms with Gasteiger partial charge in [-0.25, -0.2) is 9.59 Å². The number of ether oxygens (including phenoxy) is 2. The average Bonchev–Trinajstić information content (AvgIpc) is 2.36. The molecule has 0 aromatic rings. The zero-order valence-electron chi connectivity index (χ0n) is 10.1. The number of carboxylic acid groups (broad SMARTS) is 1. The Kier molecular flexibility index (Phi) is 4.53. The van der Waals surface area contributed by atoms with Crippen LogP contribution in [-0.2, 0) is 19.1 Å². The summed E-state index contributed by atoms with van der Waals surface area (Å²) in [5, 5.41) is 11.4. The Morgan fingerprint density at radius 3 is 2.61 bits per heavy atom. The number of allylic oxidation sites excluding steroid dienone is 1. The average molecular weight is 254 g/mol. The lowest BCUT2D eigenvalue weighted by molar-refractivity contribution is -0.133. The van der Waals surface area contributed by atoms with Gasteiger partial charge in [-0.3, -0.25) is 0 Å². The van der Waals surface area contributed by atoms with Crippen LogP contribution in [0.1, 0.15) is 6.42 Å². The Balaban J connectivity index is 3.30. The van der Waals surface area contributed by atoms with E-state index in [9.17, 15) is 9.59 Å². The van der Waals surface area contributed by atoms with Crippen molar-refractivity contribution in [3.05, 3.63) is 28.4 Å². The first kappa shape index (κ1) is 13.8. The molecule has 0 saturated carbocycles. The topological polar surface area (TPSA) is 111 Å². The largest absolute Gasteiger partial charge is 0.492 e. The quantitative estimate of drug-likeness (QED) is 0.567. The van der Waals surface area contributed by atoms with Gasteiger partial charge in [0.25, 0.3) is 0 Å². The van der Waals surface area contributed by atoms with Gasteiger partial charge >= 0.3 is 5.97 Å². The van der Waals surface area contributed by atoms with Crippen LogP contribution >= 0.6 is 0 Å². The fourth-order valence-electron chi connectivity index (χ4n) is 1.58. The van der Waals surface area contributed by atoms with Crippen LogP contribution < -0.4 is 11.1 Å². The zero-order chi connectivity index (χ0) is 13.7. The number of nitrogens with two attached hydrogens (primary N) is 1.